The van der Waals surface area contributed by atoms with Crippen molar-refractivity contribution in [3.63, 3.8) is 0 Å². The Morgan fingerprint density at radius 1 is 1.26 bits per heavy atom. The molecule has 0 saturated heterocycles. The molecule has 1 heterocycles. The maximum absolute atomic E-state index is 5.91. The first kappa shape index (κ1) is 15.5. The molecule has 1 rings (SSSR count). The molecule has 1 aromatic heterocycles. The number of ether oxygens (including phenoxy) is 3. The molecule has 0 radical (unpaired) electrons. The van der Waals surface area contributed by atoms with E-state index >= 15 is 0 Å². The molecule has 0 atom stereocenters. The first-order valence-corrected chi connectivity index (χ1v) is 6.31. The molecule has 0 aromatic carbocycles. The van der Waals surface area contributed by atoms with Crippen LogP contribution in [-0.2, 0) is 4.74 Å². The summed E-state index contributed by atoms with van der Waals surface area (Å²) in [5.41, 5.74) is 6.00. The van der Waals surface area contributed by atoms with Gasteiger partial charge in [0.15, 0.2) is 5.69 Å². The van der Waals surface area contributed by atoms with Crippen LogP contribution in [0.25, 0.3) is 0 Å². The van der Waals surface area contributed by atoms with Crippen LogP contribution in [0.4, 0.5) is 5.69 Å². The third-order valence-electron chi connectivity index (χ3n) is 2.65. The molecule has 0 saturated carbocycles. The van der Waals surface area contributed by atoms with Gasteiger partial charge < -0.3 is 19.9 Å². The molecule has 0 aliphatic heterocycles. The summed E-state index contributed by atoms with van der Waals surface area (Å²) in [4.78, 5) is 8.00. The summed E-state index contributed by atoms with van der Waals surface area (Å²) in [6, 6.07) is 0. The first-order chi connectivity index (χ1) is 8.85. The van der Waals surface area contributed by atoms with Crippen LogP contribution in [0, 0.1) is 0 Å². The fraction of sp³-hybridized carbons (Fsp3) is 0.692. The number of hydrogen-bond donors (Lipinski definition) is 1. The second-order valence-electron chi connectivity index (χ2n) is 5.13. The Hall–Kier alpha value is -1.56. The largest absolute Gasteiger partial charge is 0.476 e. The Morgan fingerprint density at radius 3 is 2.47 bits per heavy atom. The summed E-state index contributed by atoms with van der Waals surface area (Å²) >= 11 is 0. The van der Waals surface area contributed by atoms with E-state index in [9.17, 15) is 0 Å². The molecular weight excluding hydrogens is 246 g/mol. The van der Waals surface area contributed by atoms with E-state index in [1.165, 1.54) is 6.33 Å². The lowest BCUT2D eigenvalue weighted by Gasteiger charge is -2.22. The molecule has 0 amide bonds. The number of nitrogen functional groups attached to an aromatic ring is 1. The predicted molar refractivity (Wildman–Crippen MR) is 73.4 cm³/mol. The van der Waals surface area contributed by atoms with Gasteiger partial charge in [0.1, 0.15) is 6.33 Å². The lowest BCUT2D eigenvalue weighted by molar-refractivity contribution is 0.00512. The monoisotopic (exact) mass is 269 g/mol. The number of rotatable bonds is 7. The van der Waals surface area contributed by atoms with Crippen LogP contribution in [0.15, 0.2) is 6.33 Å². The highest BCUT2D eigenvalue weighted by Crippen LogP contribution is 2.27. The molecule has 0 bridgehead atoms. The van der Waals surface area contributed by atoms with Crippen molar-refractivity contribution in [1.82, 2.24) is 9.97 Å². The van der Waals surface area contributed by atoms with Gasteiger partial charge in [-0.05, 0) is 27.7 Å². The molecule has 1 aromatic rings. The number of nitrogens with two attached hydrogens (primary N) is 1. The van der Waals surface area contributed by atoms with E-state index in [-0.39, 0.29) is 11.7 Å². The minimum Gasteiger partial charge on any atom is -0.476 e. The van der Waals surface area contributed by atoms with E-state index < -0.39 is 0 Å². The third-order valence-corrected chi connectivity index (χ3v) is 2.65. The van der Waals surface area contributed by atoms with Crippen LogP contribution in [0.3, 0.4) is 0 Å². The van der Waals surface area contributed by atoms with Crippen molar-refractivity contribution in [2.24, 2.45) is 0 Å². The van der Waals surface area contributed by atoms with Gasteiger partial charge >= 0.3 is 0 Å². The molecular formula is C13H23N3O3. The predicted octanol–water partition coefficient (Wildman–Crippen LogP) is 2.04. The van der Waals surface area contributed by atoms with Gasteiger partial charge in [-0.3, -0.25) is 0 Å². The average Bonchev–Trinajstić information content (AvgIpc) is 2.33. The molecule has 19 heavy (non-hydrogen) atoms. The van der Waals surface area contributed by atoms with Gasteiger partial charge in [0.05, 0.1) is 18.3 Å². The van der Waals surface area contributed by atoms with Gasteiger partial charge in [-0.15, -0.1) is 0 Å². The molecule has 2 N–H and O–H groups in total. The summed E-state index contributed by atoms with van der Waals surface area (Å²) in [5.74, 6) is 0.698. The SMILES string of the molecule is COC(C)(C)CCOc1ncnc(OC(C)C)c1N. The molecule has 0 aliphatic rings. The fourth-order valence-electron chi connectivity index (χ4n) is 1.29. The van der Waals surface area contributed by atoms with Crippen LogP contribution in [0.2, 0.25) is 0 Å². The number of anilines is 1. The van der Waals surface area contributed by atoms with Crippen LogP contribution < -0.4 is 15.2 Å². The molecule has 0 fully saturated rings. The molecule has 0 aliphatic carbocycles. The van der Waals surface area contributed by atoms with E-state index in [2.05, 4.69) is 9.97 Å². The van der Waals surface area contributed by atoms with Gasteiger partial charge in [-0.25, -0.2) is 0 Å². The zero-order chi connectivity index (χ0) is 14.5. The highest BCUT2D eigenvalue weighted by Gasteiger charge is 2.17. The molecule has 0 spiro atoms. The average molecular weight is 269 g/mol. The Balaban J connectivity index is 2.64. The molecule has 0 unspecified atom stereocenters. The summed E-state index contributed by atoms with van der Waals surface area (Å²) in [7, 11) is 1.67. The lowest BCUT2D eigenvalue weighted by atomic mass is 10.1. The maximum atomic E-state index is 5.91. The second kappa shape index (κ2) is 6.56. The van der Waals surface area contributed by atoms with Crippen molar-refractivity contribution in [3.8, 4) is 11.8 Å². The number of nitrogens with zero attached hydrogens (tertiary/aromatic N) is 2. The third kappa shape index (κ3) is 4.90. The van der Waals surface area contributed by atoms with Crippen LogP contribution in [-0.4, -0.2) is 35.4 Å². The summed E-state index contributed by atoms with van der Waals surface area (Å²) < 4.78 is 16.3. The van der Waals surface area contributed by atoms with Crippen molar-refractivity contribution in [3.05, 3.63) is 6.33 Å². The van der Waals surface area contributed by atoms with Crippen LogP contribution in [0.1, 0.15) is 34.1 Å². The normalized spacial score (nSPS) is 11.7. The van der Waals surface area contributed by atoms with Gasteiger partial charge in [0.2, 0.25) is 11.8 Å². The fourth-order valence-corrected chi connectivity index (χ4v) is 1.29. The Labute approximate surface area is 114 Å². The summed E-state index contributed by atoms with van der Waals surface area (Å²) in [5, 5.41) is 0. The van der Waals surface area contributed by atoms with E-state index in [1.54, 1.807) is 7.11 Å². The summed E-state index contributed by atoms with van der Waals surface area (Å²) in [6.45, 7) is 8.26. The zero-order valence-corrected chi connectivity index (χ0v) is 12.3. The Morgan fingerprint density at radius 2 is 1.89 bits per heavy atom. The van der Waals surface area contributed by atoms with Gasteiger partial charge in [0.25, 0.3) is 0 Å². The number of aromatic nitrogens is 2. The van der Waals surface area contributed by atoms with E-state index in [4.69, 9.17) is 19.9 Å². The van der Waals surface area contributed by atoms with E-state index in [1.807, 2.05) is 27.7 Å². The van der Waals surface area contributed by atoms with E-state index in [0.717, 1.165) is 6.42 Å². The molecule has 108 valence electrons. The van der Waals surface area contributed by atoms with Crippen LogP contribution >= 0.6 is 0 Å². The minimum absolute atomic E-state index is 0.00234. The van der Waals surface area contributed by atoms with Crippen molar-refractivity contribution in [2.75, 3.05) is 19.5 Å². The van der Waals surface area contributed by atoms with Crippen molar-refractivity contribution in [2.45, 2.75) is 45.8 Å². The van der Waals surface area contributed by atoms with Crippen LogP contribution in [0.5, 0.6) is 11.8 Å². The second-order valence-corrected chi connectivity index (χ2v) is 5.13. The topological polar surface area (TPSA) is 79.5 Å². The molecule has 6 heteroatoms. The Bertz CT molecular complexity index is 408. The highest BCUT2D eigenvalue weighted by molar-refractivity contribution is 5.55. The van der Waals surface area contributed by atoms with Gasteiger partial charge in [0, 0.05) is 13.5 Å². The first-order valence-electron chi connectivity index (χ1n) is 6.31. The standard InChI is InChI=1S/C13H23N3O3/c1-9(2)19-12-10(14)11(15-8-16-12)18-7-6-13(3,4)17-5/h8-9H,6-7,14H2,1-5H3. The van der Waals surface area contributed by atoms with Crippen molar-refractivity contribution >= 4 is 5.69 Å². The highest BCUT2D eigenvalue weighted by atomic mass is 16.5. The minimum atomic E-state index is -0.237. The smallest absolute Gasteiger partial charge is 0.244 e. The molecule has 6 nitrogen and oxygen atoms in total. The van der Waals surface area contributed by atoms with Gasteiger partial charge in [-0.2, -0.15) is 9.97 Å². The van der Waals surface area contributed by atoms with Gasteiger partial charge in [-0.1, -0.05) is 0 Å². The lowest BCUT2D eigenvalue weighted by Crippen LogP contribution is -2.25. The summed E-state index contributed by atoms with van der Waals surface area (Å²) in [6.07, 6.45) is 2.11. The van der Waals surface area contributed by atoms with E-state index in [0.29, 0.717) is 24.1 Å². The number of hydrogen-bond acceptors (Lipinski definition) is 6. The van der Waals surface area contributed by atoms with Crippen molar-refractivity contribution < 1.29 is 14.2 Å². The maximum Gasteiger partial charge on any atom is 0.244 e. The zero-order valence-electron chi connectivity index (χ0n) is 12.3. The quantitative estimate of drug-likeness (QED) is 0.816. The van der Waals surface area contributed by atoms with Crippen molar-refractivity contribution in [1.29, 1.82) is 0 Å². The Kier molecular flexibility index (Phi) is 5.35. The number of methoxy groups -OCH3 is 1.